The second-order valence-electron chi connectivity index (χ2n) is 5.58. The number of aliphatic hydroxyl groups is 1. The van der Waals surface area contributed by atoms with E-state index in [2.05, 4.69) is 13.2 Å². The van der Waals surface area contributed by atoms with Crippen LogP contribution in [0.4, 0.5) is 0 Å². The molecular weight excluding hydrogens is 284 g/mol. The Balaban J connectivity index is 4.57. The minimum Gasteiger partial charge on any atom is -0.480 e. The Morgan fingerprint density at radius 3 is 1.91 bits per heavy atom. The van der Waals surface area contributed by atoms with E-state index in [1.807, 2.05) is 11.8 Å². The Hall–Kier alpha value is -1.50. The van der Waals surface area contributed by atoms with Crippen LogP contribution in [0.3, 0.4) is 0 Å². The summed E-state index contributed by atoms with van der Waals surface area (Å²) in [5, 5.41) is 17.8. The first-order chi connectivity index (χ1) is 10.3. The summed E-state index contributed by atoms with van der Waals surface area (Å²) in [6, 6.07) is 0. The van der Waals surface area contributed by atoms with Crippen molar-refractivity contribution in [3.05, 3.63) is 24.3 Å². The van der Waals surface area contributed by atoms with Gasteiger partial charge in [-0.1, -0.05) is 12.2 Å². The van der Waals surface area contributed by atoms with Crippen molar-refractivity contribution >= 4 is 11.8 Å². The molecule has 0 bridgehead atoms. The maximum Gasteiger partial charge on any atom is 0.317 e. The number of aliphatic carboxylic acids is 1. The third-order valence-electron chi connectivity index (χ3n) is 3.21. The van der Waals surface area contributed by atoms with E-state index in [0.29, 0.717) is 31.8 Å². The molecule has 0 aliphatic heterocycles. The van der Waals surface area contributed by atoms with Crippen LogP contribution in [0, 0.1) is 0 Å². The standard InChI is InChI=1S/C16H28N2O4/c1-13(2)5-6-17(11-15(20)14(3)4)7-8-18(9-10-19)12-16(21)22/h19H,1,3,5-12H2,2,4H3,(H,21,22). The highest BCUT2D eigenvalue weighted by molar-refractivity contribution is 5.95. The summed E-state index contributed by atoms with van der Waals surface area (Å²) in [5.74, 6) is -0.950. The number of aliphatic hydroxyl groups excluding tert-OH is 1. The van der Waals surface area contributed by atoms with E-state index >= 15 is 0 Å². The van der Waals surface area contributed by atoms with Crippen LogP contribution >= 0.6 is 0 Å². The third-order valence-corrected chi connectivity index (χ3v) is 3.21. The lowest BCUT2D eigenvalue weighted by Crippen LogP contribution is -2.41. The molecule has 6 nitrogen and oxygen atoms in total. The molecule has 0 saturated heterocycles. The molecule has 6 heteroatoms. The molecule has 0 amide bonds. The molecule has 22 heavy (non-hydrogen) atoms. The Kier molecular flexibility index (Phi) is 10.4. The van der Waals surface area contributed by atoms with Gasteiger partial charge in [0.25, 0.3) is 0 Å². The average Bonchev–Trinajstić information content (AvgIpc) is 2.40. The lowest BCUT2D eigenvalue weighted by molar-refractivity contribution is -0.138. The van der Waals surface area contributed by atoms with Crippen molar-refractivity contribution in [3.63, 3.8) is 0 Å². The molecule has 2 N–H and O–H groups in total. The van der Waals surface area contributed by atoms with Crippen LogP contribution in [-0.4, -0.2) is 77.6 Å². The second kappa shape index (κ2) is 11.1. The molecule has 0 aromatic carbocycles. The van der Waals surface area contributed by atoms with Crippen molar-refractivity contribution in [1.82, 2.24) is 9.80 Å². The molecule has 0 saturated carbocycles. The molecule has 0 spiro atoms. The minimum atomic E-state index is -0.931. The number of nitrogens with zero attached hydrogens (tertiary/aromatic N) is 2. The Labute approximate surface area is 132 Å². The fraction of sp³-hybridized carbons (Fsp3) is 0.625. The maximum absolute atomic E-state index is 11.8. The van der Waals surface area contributed by atoms with E-state index in [-0.39, 0.29) is 25.5 Å². The van der Waals surface area contributed by atoms with Gasteiger partial charge in [-0.25, -0.2) is 0 Å². The molecule has 0 aromatic rings. The van der Waals surface area contributed by atoms with Gasteiger partial charge < -0.3 is 10.2 Å². The SMILES string of the molecule is C=C(C)CCN(CCN(CCO)CC(=O)O)CC(=O)C(=C)C. The lowest BCUT2D eigenvalue weighted by Gasteiger charge is -2.26. The summed E-state index contributed by atoms with van der Waals surface area (Å²) in [6.07, 6.45) is 0.780. The number of Topliss-reactive ketones (excluding diaryl/α,β-unsaturated/α-hetero) is 1. The van der Waals surface area contributed by atoms with Gasteiger partial charge in [0, 0.05) is 26.2 Å². The zero-order valence-electron chi connectivity index (χ0n) is 13.7. The molecule has 0 heterocycles. The van der Waals surface area contributed by atoms with Crippen molar-refractivity contribution in [2.24, 2.45) is 0 Å². The molecule has 0 unspecified atom stereocenters. The summed E-state index contributed by atoms with van der Waals surface area (Å²) in [4.78, 5) is 26.3. The maximum atomic E-state index is 11.8. The number of carbonyl (C=O) groups is 2. The topological polar surface area (TPSA) is 81.1 Å². The van der Waals surface area contributed by atoms with Gasteiger partial charge in [-0.2, -0.15) is 0 Å². The fourth-order valence-corrected chi connectivity index (χ4v) is 1.84. The first-order valence-corrected chi connectivity index (χ1v) is 7.36. The van der Waals surface area contributed by atoms with Gasteiger partial charge in [0.1, 0.15) is 0 Å². The van der Waals surface area contributed by atoms with Crippen LogP contribution in [0.2, 0.25) is 0 Å². The van der Waals surface area contributed by atoms with E-state index in [4.69, 9.17) is 10.2 Å². The van der Waals surface area contributed by atoms with Gasteiger partial charge in [0.2, 0.25) is 0 Å². The van der Waals surface area contributed by atoms with E-state index in [1.165, 1.54) is 0 Å². The molecule has 0 radical (unpaired) electrons. The quantitative estimate of drug-likeness (QED) is 0.386. The summed E-state index contributed by atoms with van der Waals surface area (Å²) in [5.41, 5.74) is 1.54. The predicted octanol–water partition coefficient (Wildman–Crippen LogP) is 0.779. The van der Waals surface area contributed by atoms with Crippen LogP contribution in [0.25, 0.3) is 0 Å². The van der Waals surface area contributed by atoms with Crippen molar-refractivity contribution in [2.75, 3.05) is 45.9 Å². The third kappa shape index (κ3) is 10.3. The van der Waals surface area contributed by atoms with Crippen molar-refractivity contribution in [1.29, 1.82) is 0 Å². The molecule has 0 aromatic heterocycles. The van der Waals surface area contributed by atoms with Gasteiger partial charge in [0.15, 0.2) is 5.78 Å². The highest BCUT2D eigenvalue weighted by atomic mass is 16.4. The number of carboxylic acid groups (broad SMARTS) is 1. The van der Waals surface area contributed by atoms with E-state index in [1.54, 1.807) is 11.8 Å². The Bertz CT molecular complexity index is 407. The zero-order valence-corrected chi connectivity index (χ0v) is 13.7. The number of carbonyl (C=O) groups excluding carboxylic acids is 1. The smallest absolute Gasteiger partial charge is 0.317 e. The fourth-order valence-electron chi connectivity index (χ4n) is 1.84. The Morgan fingerprint density at radius 1 is 0.955 bits per heavy atom. The molecule has 0 rings (SSSR count). The summed E-state index contributed by atoms with van der Waals surface area (Å²) >= 11 is 0. The van der Waals surface area contributed by atoms with Gasteiger partial charge in [0.05, 0.1) is 19.7 Å². The first kappa shape index (κ1) is 20.5. The van der Waals surface area contributed by atoms with Gasteiger partial charge in [-0.3, -0.25) is 19.4 Å². The van der Waals surface area contributed by atoms with Crippen LogP contribution in [0.1, 0.15) is 20.3 Å². The number of hydrogen-bond donors (Lipinski definition) is 2. The highest BCUT2D eigenvalue weighted by Crippen LogP contribution is 2.03. The van der Waals surface area contributed by atoms with Crippen LogP contribution in [-0.2, 0) is 9.59 Å². The largest absolute Gasteiger partial charge is 0.480 e. The van der Waals surface area contributed by atoms with Gasteiger partial charge in [-0.15, -0.1) is 6.58 Å². The molecule has 0 fully saturated rings. The van der Waals surface area contributed by atoms with Crippen molar-refractivity contribution < 1.29 is 19.8 Å². The summed E-state index contributed by atoms with van der Waals surface area (Å²) in [7, 11) is 0. The Morgan fingerprint density at radius 2 is 1.50 bits per heavy atom. The molecular formula is C16H28N2O4. The van der Waals surface area contributed by atoms with Crippen molar-refractivity contribution in [2.45, 2.75) is 20.3 Å². The number of ketones is 1. The summed E-state index contributed by atoms with van der Waals surface area (Å²) < 4.78 is 0. The van der Waals surface area contributed by atoms with Crippen molar-refractivity contribution in [3.8, 4) is 0 Å². The lowest BCUT2D eigenvalue weighted by atomic mass is 10.2. The van der Waals surface area contributed by atoms with Crippen LogP contribution in [0.15, 0.2) is 24.3 Å². The summed E-state index contributed by atoms with van der Waals surface area (Å²) in [6.45, 7) is 13.2. The van der Waals surface area contributed by atoms with E-state index in [9.17, 15) is 9.59 Å². The number of carboxylic acids is 1. The van der Waals surface area contributed by atoms with Crippen LogP contribution in [0.5, 0.6) is 0 Å². The number of hydrogen-bond acceptors (Lipinski definition) is 5. The molecule has 0 aliphatic carbocycles. The molecule has 0 atom stereocenters. The monoisotopic (exact) mass is 312 g/mol. The second-order valence-corrected chi connectivity index (χ2v) is 5.58. The molecule has 0 aliphatic rings. The zero-order chi connectivity index (χ0) is 17.1. The van der Waals surface area contributed by atoms with E-state index < -0.39 is 5.97 Å². The van der Waals surface area contributed by atoms with Gasteiger partial charge in [-0.05, 0) is 25.8 Å². The first-order valence-electron chi connectivity index (χ1n) is 7.36. The minimum absolute atomic E-state index is 0.0198. The van der Waals surface area contributed by atoms with E-state index in [0.717, 1.165) is 12.0 Å². The van der Waals surface area contributed by atoms with Gasteiger partial charge >= 0.3 is 5.97 Å². The predicted molar refractivity (Wildman–Crippen MR) is 86.9 cm³/mol. The highest BCUT2D eigenvalue weighted by Gasteiger charge is 2.14. The average molecular weight is 312 g/mol. The normalized spacial score (nSPS) is 11.0. The molecule has 126 valence electrons. The number of rotatable bonds is 13. The van der Waals surface area contributed by atoms with Crippen LogP contribution < -0.4 is 0 Å².